The van der Waals surface area contributed by atoms with Crippen LogP contribution in [0.1, 0.15) is 24.8 Å². The van der Waals surface area contributed by atoms with E-state index in [1.165, 1.54) is 12.5 Å². The number of hydrogen-bond acceptors (Lipinski definition) is 5. The van der Waals surface area contributed by atoms with E-state index in [4.69, 9.17) is 28.9 Å². The first-order valence-corrected chi connectivity index (χ1v) is 10.8. The minimum Gasteiger partial charge on any atom is -0.505 e. The van der Waals surface area contributed by atoms with Gasteiger partial charge in [0, 0.05) is 35.9 Å². The summed E-state index contributed by atoms with van der Waals surface area (Å²) in [7, 11) is -4.11. The predicted molar refractivity (Wildman–Crippen MR) is 109 cm³/mol. The molecule has 1 aliphatic rings. The molecule has 2 aromatic rings. The van der Waals surface area contributed by atoms with Gasteiger partial charge in [0.05, 0.1) is 10.7 Å². The van der Waals surface area contributed by atoms with Crippen LogP contribution in [0, 0.1) is 0 Å². The molecule has 146 valence electrons. The van der Waals surface area contributed by atoms with E-state index in [0.717, 1.165) is 37.7 Å². The Hall–Kier alpha value is -1.67. The van der Waals surface area contributed by atoms with Crippen LogP contribution < -0.4 is 15.4 Å². The van der Waals surface area contributed by atoms with Crippen LogP contribution in [0.3, 0.4) is 0 Å². The Morgan fingerprint density at radius 3 is 2.52 bits per heavy atom. The number of piperidine rings is 1. The molecule has 1 saturated heterocycles. The second-order valence-corrected chi connectivity index (χ2v) is 8.89. The number of halogens is 2. The van der Waals surface area contributed by atoms with Gasteiger partial charge in [0.1, 0.15) is 4.90 Å². The lowest BCUT2D eigenvalue weighted by molar-refractivity contribution is 0.459. The molecular formula is C18H21Cl2N3O3S. The Balaban J connectivity index is 2.00. The van der Waals surface area contributed by atoms with Gasteiger partial charge in [-0.1, -0.05) is 29.3 Å². The zero-order valence-corrected chi connectivity index (χ0v) is 16.9. The van der Waals surface area contributed by atoms with Gasteiger partial charge in [0.25, 0.3) is 10.0 Å². The van der Waals surface area contributed by atoms with Crippen LogP contribution in [0.2, 0.25) is 10.0 Å². The molecule has 1 aliphatic heterocycles. The number of nitrogens with two attached hydrogens (primary N) is 1. The standard InChI is InChI=1S/C18H21Cl2N3O3S/c19-12-9-14(20)18(24)17(10-12)27(25,26)22-15-5-4-6-16(13(15)11-21)23-7-2-1-3-8-23/h4-6,9-10,22,24H,1-3,7-8,11,21H2. The highest BCUT2D eigenvalue weighted by Gasteiger charge is 2.24. The fourth-order valence-electron chi connectivity index (χ4n) is 3.26. The number of phenolic OH excluding ortho intramolecular Hbond substituents is 1. The van der Waals surface area contributed by atoms with Crippen molar-refractivity contribution in [1.82, 2.24) is 0 Å². The number of nitrogens with one attached hydrogen (secondary N) is 1. The zero-order valence-electron chi connectivity index (χ0n) is 14.6. The highest BCUT2D eigenvalue weighted by molar-refractivity contribution is 7.92. The smallest absolute Gasteiger partial charge is 0.265 e. The predicted octanol–water partition coefficient (Wildman–Crippen LogP) is 3.95. The van der Waals surface area contributed by atoms with Gasteiger partial charge in [-0.15, -0.1) is 0 Å². The molecule has 1 heterocycles. The monoisotopic (exact) mass is 429 g/mol. The molecule has 1 fully saturated rings. The Morgan fingerprint density at radius 1 is 1.15 bits per heavy atom. The van der Waals surface area contributed by atoms with Crippen LogP contribution in [0.4, 0.5) is 11.4 Å². The summed E-state index contributed by atoms with van der Waals surface area (Å²) < 4.78 is 28.2. The summed E-state index contributed by atoms with van der Waals surface area (Å²) >= 11 is 11.8. The molecule has 2 aromatic carbocycles. The summed E-state index contributed by atoms with van der Waals surface area (Å²) in [6, 6.07) is 7.81. The van der Waals surface area contributed by atoms with Gasteiger partial charge in [0.2, 0.25) is 0 Å². The van der Waals surface area contributed by atoms with Crippen molar-refractivity contribution >= 4 is 44.6 Å². The SMILES string of the molecule is NCc1c(NS(=O)(=O)c2cc(Cl)cc(Cl)c2O)cccc1N1CCCCC1. The third-order valence-electron chi connectivity index (χ3n) is 4.58. The highest BCUT2D eigenvalue weighted by atomic mass is 35.5. The van der Waals surface area contributed by atoms with Crippen molar-refractivity contribution in [2.24, 2.45) is 5.73 Å². The fraction of sp³-hybridized carbons (Fsp3) is 0.333. The van der Waals surface area contributed by atoms with Gasteiger partial charge in [0.15, 0.2) is 5.75 Å². The summed E-state index contributed by atoms with van der Waals surface area (Å²) in [5, 5.41) is 10.1. The average molecular weight is 430 g/mol. The van der Waals surface area contributed by atoms with E-state index in [-0.39, 0.29) is 21.5 Å². The van der Waals surface area contributed by atoms with Gasteiger partial charge in [-0.05, 0) is 43.5 Å². The molecule has 27 heavy (non-hydrogen) atoms. The van der Waals surface area contributed by atoms with Crippen LogP contribution in [0.25, 0.3) is 0 Å². The zero-order chi connectivity index (χ0) is 19.6. The first kappa shape index (κ1) is 20.1. The van der Waals surface area contributed by atoms with Crippen LogP contribution in [0.5, 0.6) is 5.75 Å². The average Bonchev–Trinajstić information content (AvgIpc) is 2.64. The lowest BCUT2D eigenvalue weighted by atomic mass is 10.1. The molecule has 0 amide bonds. The van der Waals surface area contributed by atoms with E-state index in [0.29, 0.717) is 11.3 Å². The molecule has 9 heteroatoms. The van der Waals surface area contributed by atoms with Crippen LogP contribution in [-0.4, -0.2) is 26.6 Å². The number of nitrogens with zero attached hydrogens (tertiary/aromatic N) is 1. The summed E-state index contributed by atoms with van der Waals surface area (Å²) in [4.78, 5) is 1.84. The molecule has 0 saturated carbocycles. The first-order chi connectivity index (χ1) is 12.8. The highest BCUT2D eigenvalue weighted by Crippen LogP contribution is 2.36. The van der Waals surface area contributed by atoms with Gasteiger partial charge >= 0.3 is 0 Å². The van der Waals surface area contributed by atoms with Gasteiger partial charge in [-0.25, -0.2) is 8.42 Å². The second-order valence-electron chi connectivity index (χ2n) is 6.39. The summed E-state index contributed by atoms with van der Waals surface area (Å²) in [5.41, 5.74) is 7.94. The lowest BCUT2D eigenvalue weighted by Crippen LogP contribution is -2.31. The van der Waals surface area contributed by atoms with Crippen molar-refractivity contribution < 1.29 is 13.5 Å². The molecular weight excluding hydrogens is 409 g/mol. The molecule has 0 unspecified atom stereocenters. The lowest BCUT2D eigenvalue weighted by Gasteiger charge is -2.31. The number of rotatable bonds is 5. The normalized spacial score (nSPS) is 15.0. The fourth-order valence-corrected chi connectivity index (χ4v) is 5.11. The number of anilines is 2. The molecule has 0 spiro atoms. The Labute approximate surface area is 168 Å². The van der Waals surface area contributed by atoms with Crippen LogP contribution in [0.15, 0.2) is 35.2 Å². The van der Waals surface area contributed by atoms with E-state index in [1.54, 1.807) is 12.1 Å². The Morgan fingerprint density at radius 2 is 1.85 bits per heavy atom. The molecule has 0 aromatic heterocycles. The maximum Gasteiger partial charge on any atom is 0.265 e. The van der Waals surface area contributed by atoms with Crippen LogP contribution >= 0.6 is 23.2 Å². The largest absolute Gasteiger partial charge is 0.505 e. The third kappa shape index (κ3) is 4.27. The minimum atomic E-state index is -4.11. The van der Waals surface area contributed by atoms with Crippen molar-refractivity contribution in [1.29, 1.82) is 0 Å². The molecule has 4 N–H and O–H groups in total. The van der Waals surface area contributed by atoms with E-state index < -0.39 is 15.8 Å². The second kappa shape index (κ2) is 8.14. The van der Waals surface area contributed by atoms with E-state index >= 15 is 0 Å². The molecule has 3 rings (SSSR count). The maximum absolute atomic E-state index is 12.8. The summed E-state index contributed by atoms with van der Waals surface area (Å²) in [6.45, 7) is 1.99. The molecule has 6 nitrogen and oxygen atoms in total. The van der Waals surface area contributed by atoms with Crippen molar-refractivity contribution in [3.8, 4) is 5.75 Å². The molecule has 0 atom stereocenters. The maximum atomic E-state index is 12.8. The van der Waals surface area contributed by atoms with Crippen molar-refractivity contribution in [2.45, 2.75) is 30.7 Å². The van der Waals surface area contributed by atoms with Gasteiger partial charge in [-0.3, -0.25) is 4.72 Å². The Kier molecular flexibility index (Phi) is 6.05. The van der Waals surface area contributed by atoms with Gasteiger partial charge in [-0.2, -0.15) is 0 Å². The number of benzene rings is 2. The number of sulfonamides is 1. The Bertz CT molecular complexity index is 945. The van der Waals surface area contributed by atoms with Crippen molar-refractivity contribution in [3.63, 3.8) is 0 Å². The summed E-state index contributed by atoms with van der Waals surface area (Å²) in [6.07, 6.45) is 3.37. The van der Waals surface area contributed by atoms with E-state index in [9.17, 15) is 13.5 Å². The summed E-state index contributed by atoms with van der Waals surface area (Å²) in [5.74, 6) is -0.546. The number of phenols is 1. The topological polar surface area (TPSA) is 95.7 Å². The molecule has 0 radical (unpaired) electrons. The quantitative estimate of drug-likeness (QED) is 0.668. The van der Waals surface area contributed by atoms with E-state index in [2.05, 4.69) is 9.62 Å². The van der Waals surface area contributed by atoms with E-state index in [1.807, 2.05) is 6.07 Å². The van der Waals surface area contributed by atoms with Crippen molar-refractivity contribution in [3.05, 3.63) is 45.9 Å². The van der Waals surface area contributed by atoms with Gasteiger partial charge < -0.3 is 15.7 Å². The van der Waals surface area contributed by atoms with Crippen molar-refractivity contribution in [2.75, 3.05) is 22.7 Å². The third-order valence-corrected chi connectivity index (χ3v) is 6.46. The number of aromatic hydroxyl groups is 1. The minimum absolute atomic E-state index is 0.110. The van der Waals surface area contributed by atoms with Crippen LogP contribution in [-0.2, 0) is 16.6 Å². The first-order valence-electron chi connectivity index (χ1n) is 8.61. The molecule has 0 bridgehead atoms. The number of hydrogen-bond donors (Lipinski definition) is 3. The molecule has 0 aliphatic carbocycles.